The number of likely N-dealkylation sites (tertiary alicyclic amines) is 1. The van der Waals surface area contributed by atoms with Crippen molar-refractivity contribution in [1.82, 2.24) is 15.5 Å². The van der Waals surface area contributed by atoms with Gasteiger partial charge < -0.3 is 10.6 Å². The number of guanidine groups is 1. The monoisotopic (exact) mass is 350 g/mol. The van der Waals surface area contributed by atoms with Gasteiger partial charge in [0.15, 0.2) is 5.96 Å². The number of nitrogens with one attached hydrogen (secondary N) is 2. The summed E-state index contributed by atoms with van der Waals surface area (Å²) < 4.78 is 0. The second-order valence-corrected chi connectivity index (χ2v) is 7.05. The first-order valence-corrected chi connectivity index (χ1v) is 9.43. The molecule has 1 heterocycles. The number of hydrogen-bond donors (Lipinski definition) is 2. The SMILES string of the molecule is CCCCNC(=NC)NCC1CCCN(C)C1c1cccc(Cl)c1. The van der Waals surface area contributed by atoms with Gasteiger partial charge in [-0.15, -0.1) is 0 Å². The minimum atomic E-state index is 0.402. The summed E-state index contributed by atoms with van der Waals surface area (Å²) in [5, 5.41) is 7.72. The molecule has 0 amide bonds. The maximum absolute atomic E-state index is 6.22. The van der Waals surface area contributed by atoms with E-state index in [-0.39, 0.29) is 0 Å². The van der Waals surface area contributed by atoms with E-state index in [0.717, 1.165) is 37.0 Å². The number of halogens is 1. The summed E-state index contributed by atoms with van der Waals surface area (Å²) in [5.41, 5.74) is 1.31. The van der Waals surface area contributed by atoms with E-state index in [1.54, 1.807) is 0 Å². The number of unbranched alkanes of at least 4 members (excludes halogenated alkanes) is 1. The summed E-state index contributed by atoms with van der Waals surface area (Å²) in [4.78, 5) is 6.79. The van der Waals surface area contributed by atoms with Crippen LogP contribution in [0.15, 0.2) is 29.3 Å². The predicted molar refractivity (Wildman–Crippen MR) is 104 cm³/mol. The number of benzene rings is 1. The first-order chi connectivity index (χ1) is 11.7. The van der Waals surface area contributed by atoms with Gasteiger partial charge in [0.25, 0.3) is 0 Å². The average molecular weight is 351 g/mol. The van der Waals surface area contributed by atoms with Gasteiger partial charge in [-0.05, 0) is 56.5 Å². The topological polar surface area (TPSA) is 39.7 Å². The van der Waals surface area contributed by atoms with E-state index in [2.05, 4.69) is 52.7 Å². The lowest BCUT2D eigenvalue weighted by Crippen LogP contribution is -2.45. The number of piperidine rings is 1. The highest BCUT2D eigenvalue weighted by Gasteiger charge is 2.30. The molecule has 1 fully saturated rings. The smallest absolute Gasteiger partial charge is 0.190 e. The molecule has 24 heavy (non-hydrogen) atoms. The summed E-state index contributed by atoms with van der Waals surface area (Å²) in [5.74, 6) is 1.45. The second-order valence-electron chi connectivity index (χ2n) is 6.62. The van der Waals surface area contributed by atoms with Crippen LogP contribution in [0.25, 0.3) is 0 Å². The summed E-state index contributed by atoms with van der Waals surface area (Å²) in [6, 6.07) is 8.70. The van der Waals surface area contributed by atoms with Crippen LogP contribution in [-0.4, -0.2) is 44.6 Å². The Balaban J connectivity index is 2.00. The summed E-state index contributed by atoms with van der Waals surface area (Å²) >= 11 is 6.22. The normalized spacial score (nSPS) is 22.4. The maximum Gasteiger partial charge on any atom is 0.190 e. The van der Waals surface area contributed by atoms with Gasteiger partial charge in [-0.2, -0.15) is 0 Å². The zero-order chi connectivity index (χ0) is 17.4. The van der Waals surface area contributed by atoms with Gasteiger partial charge in [-0.25, -0.2) is 0 Å². The van der Waals surface area contributed by atoms with Gasteiger partial charge in [-0.1, -0.05) is 37.1 Å². The number of aliphatic imine (C=N–C) groups is 1. The molecule has 4 nitrogen and oxygen atoms in total. The van der Waals surface area contributed by atoms with Crippen LogP contribution in [0.3, 0.4) is 0 Å². The first kappa shape index (κ1) is 19.1. The molecular formula is C19H31ClN4. The van der Waals surface area contributed by atoms with Gasteiger partial charge in [-0.3, -0.25) is 9.89 Å². The molecule has 1 aromatic rings. The lowest BCUT2D eigenvalue weighted by atomic mass is 9.85. The van der Waals surface area contributed by atoms with Crippen molar-refractivity contribution in [3.8, 4) is 0 Å². The highest BCUT2D eigenvalue weighted by molar-refractivity contribution is 6.30. The molecule has 2 atom stereocenters. The Kier molecular flexibility index (Phi) is 7.86. The molecule has 0 radical (unpaired) electrons. The van der Waals surface area contributed by atoms with Crippen LogP contribution in [-0.2, 0) is 0 Å². The molecular weight excluding hydrogens is 320 g/mol. The molecule has 134 valence electrons. The molecule has 1 aromatic carbocycles. The average Bonchev–Trinajstić information content (AvgIpc) is 2.58. The lowest BCUT2D eigenvalue weighted by Gasteiger charge is -2.40. The zero-order valence-corrected chi connectivity index (χ0v) is 15.9. The van der Waals surface area contributed by atoms with Gasteiger partial charge in [0.1, 0.15) is 0 Å². The fourth-order valence-electron chi connectivity index (χ4n) is 3.52. The van der Waals surface area contributed by atoms with Gasteiger partial charge >= 0.3 is 0 Å². The van der Waals surface area contributed by atoms with Crippen molar-refractivity contribution in [3.63, 3.8) is 0 Å². The maximum atomic E-state index is 6.22. The lowest BCUT2D eigenvalue weighted by molar-refractivity contribution is 0.122. The third kappa shape index (κ3) is 5.38. The van der Waals surface area contributed by atoms with Crippen LogP contribution in [0.4, 0.5) is 0 Å². The molecule has 1 saturated heterocycles. The van der Waals surface area contributed by atoms with Crippen LogP contribution in [0.5, 0.6) is 0 Å². The molecule has 1 aliphatic heterocycles. The second kappa shape index (κ2) is 9.90. The van der Waals surface area contributed by atoms with Crippen molar-refractivity contribution in [2.24, 2.45) is 10.9 Å². The molecule has 2 N–H and O–H groups in total. The zero-order valence-electron chi connectivity index (χ0n) is 15.2. The Morgan fingerprint density at radius 1 is 1.38 bits per heavy atom. The number of nitrogens with zero attached hydrogens (tertiary/aromatic N) is 2. The number of hydrogen-bond acceptors (Lipinski definition) is 2. The molecule has 1 aliphatic rings. The Morgan fingerprint density at radius 3 is 2.92 bits per heavy atom. The highest BCUT2D eigenvalue weighted by Crippen LogP contribution is 2.35. The fourth-order valence-corrected chi connectivity index (χ4v) is 3.72. The Bertz CT molecular complexity index is 532. The van der Waals surface area contributed by atoms with Crippen molar-refractivity contribution < 1.29 is 0 Å². The van der Waals surface area contributed by atoms with Crippen molar-refractivity contribution in [3.05, 3.63) is 34.9 Å². The third-order valence-electron chi connectivity index (χ3n) is 4.78. The molecule has 2 rings (SSSR count). The van der Waals surface area contributed by atoms with Crippen LogP contribution < -0.4 is 10.6 Å². The van der Waals surface area contributed by atoms with E-state index in [0.29, 0.717) is 12.0 Å². The minimum absolute atomic E-state index is 0.402. The molecule has 0 spiro atoms. The minimum Gasteiger partial charge on any atom is -0.356 e. The van der Waals surface area contributed by atoms with Crippen molar-refractivity contribution in [1.29, 1.82) is 0 Å². The van der Waals surface area contributed by atoms with E-state index in [4.69, 9.17) is 11.6 Å². The molecule has 2 unspecified atom stereocenters. The molecule has 0 bridgehead atoms. The van der Waals surface area contributed by atoms with E-state index in [9.17, 15) is 0 Å². The molecule has 0 aliphatic carbocycles. The Labute approximate surface area is 151 Å². The fraction of sp³-hybridized carbons (Fsp3) is 0.632. The summed E-state index contributed by atoms with van der Waals surface area (Å²) in [6.45, 7) is 5.23. The van der Waals surface area contributed by atoms with Crippen LogP contribution in [0.2, 0.25) is 5.02 Å². The summed E-state index contributed by atoms with van der Waals surface area (Å²) in [7, 11) is 4.05. The Hall–Kier alpha value is -1.26. The largest absolute Gasteiger partial charge is 0.356 e. The third-order valence-corrected chi connectivity index (χ3v) is 5.01. The van der Waals surface area contributed by atoms with Gasteiger partial charge in [0.05, 0.1) is 0 Å². The molecule has 0 saturated carbocycles. The van der Waals surface area contributed by atoms with Gasteiger partial charge in [0.2, 0.25) is 0 Å². The number of rotatable bonds is 6. The van der Waals surface area contributed by atoms with Gasteiger partial charge in [0, 0.05) is 31.2 Å². The van der Waals surface area contributed by atoms with Crippen LogP contribution in [0, 0.1) is 5.92 Å². The molecule has 5 heteroatoms. The standard InChI is InChI=1S/C19H31ClN4/c1-4-5-11-22-19(21-2)23-14-16-9-7-12-24(3)18(16)15-8-6-10-17(20)13-15/h6,8,10,13,16,18H,4-5,7,9,11-12,14H2,1-3H3,(H2,21,22,23). The Morgan fingerprint density at radius 2 is 2.21 bits per heavy atom. The van der Waals surface area contributed by atoms with E-state index < -0.39 is 0 Å². The van der Waals surface area contributed by atoms with E-state index in [1.807, 2.05) is 13.1 Å². The van der Waals surface area contributed by atoms with E-state index in [1.165, 1.54) is 24.8 Å². The van der Waals surface area contributed by atoms with Crippen molar-refractivity contribution in [2.45, 2.75) is 38.6 Å². The van der Waals surface area contributed by atoms with E-state index >= 15 is 0 Å². The summed E-state index contributed by atoms with van der Waals surface area (Å²) in [6.07, 6.45) is 4.81. The quantitative estimate of drug-likeness (QED) is 0.467. The van der Waals surface area contributed by atoms with Crippen LogP contribution in [0.1, 0.15) is 44.2 Å². The first-order valence-electron chi connectivity index (χ1n) is 9.06. The molecule has 0 aromatic heterocycles. The van der Waals surface area contributed by atoms with Crippen molar-refractivity contribution >= 4 is 17.6 Å². The predicted octanol–water partition coefficient (Wildman–Crippen LogP) is 3.69. The van der Waals surface area contributed by atoms with Crippen molar-refractivity contribution in [2.75, 3.05) is 33.7 Å². The highest BCUT2D eigenvalue weighted by atomic mass is 35.5. The van der Waals surface area contributed by atoms with Crippen LogP contribution >= 0.6 is 11.6 Å².